The molecule has 1 atom stereocenters. The molecular formula is C7H13F2N. The highest BCUT2D eigenvalue weighted by atomic mass is 19.3. The Morgan fingerprint density at radius 2 is 2.10 bits per heavy atom. The van der Waals surface area contributed by atoms with Crippen molar-refractivity contribution in [1.29, 1.82) is 0 Å². The van der Waals surface area contributed by atoms with Gasteiger partial charge >= 0.3 is 0 Å². The van der Waals surface area contributed by atoms with Crippen LogP contribution in [0.3, 0.4) is 0 Å². The van der Waals surface area contributed by atoms with Crippen LogP contribution in [0.15, 0.2) is 0 Å². The number of hydrogen-bond donors (Lipinski definition) is 1. The van der Waals surface area contributed by atoms with Crippen molar-refractivity contribution in [2.24, 2.45) is 5.92 Å². The lowest BCUT2D eigenvalue weighted by atomic mass is 10.1. The van der Waals surface area contributed by atoms with Gasteiger partial charge in [-0.3, -0.25) is 0 Å². The fraction of sp³-hybridized carbons (Fsp3) is 1.00. The second-order valence-corrected chi connectivity index (χ2v) is 2.91. The maximum Gasteiger partial charge on any atom is 0.253 e. The van der Waals surface area contributed by atoms with Crippen LogP contribution in [0.2, 0.25) is 0 Å². The summed E-state index contributed by atoms with van der Waals surface area (Å²) in [5, 5.41) is 2.62. The average Bonchev–Trinajstić information content (AvgIpc) is 2.64. The lowest BCUT2D eigenvalue weighted by molar-refractivity contribution is 0.0952. The Bertz CT molecular complexity index is 102. The van der Waals surface area contributed by atoms with E-state index in [1.165, 1.54) is 0 Å². The van der Waals surface area contributed by atoms with Crippen molar-refractivity contribution in [2.45, 2.75) is 31.7 Å². The summed E-state index contributed by atoms with van der Waals surface area (Å²) in [7, 11) is 1.60. The van der Waals surface area contributed by atoms with Crippen LogP contribution in [0.1, 0.15) is 19.3 Å². The first kappa shape index (κ1) is 7.92. The second kappa shape index (κ2) is 3.28. The molecule has 3 heteroatoms. The molecule has 0 aromatic carbocycles. The third-order valence-electron chi connectivity index (χ3n) is 1.96. The molecule has 0 aliphatic heterocycles. The van der Waals surface area contributed by atoms with Gasteiger partial charge in [0.05, 0.1) is 6.04 Å². The van der Waals surface area contributed by atoms with Crippen LogP contribution in [-0.4, -0.2) is 19.5 Å². The molecule has 1 N–H and O–H groups in total. The van der Waals surface area contributed by atoms with Crippen LogP contribution in [-0.2, 0) is 0 Å². The Morgan fingerprint density at radius 1 is 1.50 bits per heavy atom. The van der Waals surface area contributed by atoms with Gasteiger partial charge in [-0.2, -0.15) is 0 Å². The molecule has 0 aromatic heterocycles. The van der Waals surface area contributed by atoms with E-state index in [1.54, 1.807) is 7.05 Å². The monoisotopic (exact) mass is 149 g/mol. The Kier molecular flexibility index (Phi) is 2.60. The highest BCUT2D eigenvalue weighted by Gasteiger charge is 2.28. The van der Waals surface area contributed by atoms with Crippen LogP contribution >= 0.6 is 0 Å². The number of halogens is 2. The van der Waals surface area contributed by atoms with Gasteiger partial charge < -0.3 is 5.32 Å². The standard InChI is InChI=1S/C7H13F2N/c1-10-6(7(8)9)4-5-2-3-5/h5-7,10H,2-4H2,1H3. The zero-order valence-corrected chi connectivity index (χ0v) is 6.11. The molecule has 0 spiro atoms. The van der Waals surface area contributed by atoms with Crippen LogP contribution < -0.4 is 5.32 Å². The van der Waals surface area contributed by atoms with Crippen molar-refractivity contribution in [2.75, 3.05) is 7.05 Å². The summed E-state index contributed by atoms with van der Waals surface area (Å²) < 4.78 is 24.1. The summed E-state index contributed by atoms with van der Waals surface area (Å²) >= 11 is 0. The maximum absolute atomic E-state index is 12.0. The van der Waals surface area contributed by atoms with E-state index in [4.69, 9.17) is 0 Å². The molecule has 0 heterocycles. The van der Waals surface area contributed by atoms with Crippen LogP contribution in [0, 0.1) is 5.92 Å². The maximum atomic E-state index is 12.0. The molecule has 0 aromatic rings. The predicted octanol–water partition coefficient (Wildman–Crippen LogP) is 1.64. The quantitative estimate of drug-likeness (QED) is 0.640. The van der Waals surface area contributed by atoms with E-state index in [0.717, 1.165) is 12.8 Å². The van der Waals surface area contributed by atoms with E-state index in [2.05, 4.69) is 5.32 Å². The van der Waals surface area contributed by atoms with Gasteiger partial charge in [0, 0.05) is 0 Å². The Balaban J connectivity index is 2.17. The smallest absolute Gasteiger partial charge is 0.253 e. The molecule has 1 unspecified atom stereocenters. The molecule has 10 heavy (non-hydrogen) atoms. The fourth-order valence-electron chi connectivity index (χ4n) is 1.06. The second-order valence-electron chi connectivity index (χ2n) is 2.91. The first-order valence-corrected chi connectivity index (χ1v) is 3.69. The first-order valence-electron chi connectivity index (χ1n) is 3.69. The van der Waals surface area contributed by atoms with Gasteiger partial charge in [-0.05, 0) is 19.4 Å². The Hall–Kier alpha value is -0.180. The lowest BCUT2D eigenvalue weighted by Crippen LogP contribution is -2.32. The highest BCUT2D eigenvalue weighted by molar-refractivity contribution is 4.80. The van der Waals surface area contributed by atoms with Gasteiger partial charge in [0.1, 0.15) is 0 Å². The molecule has 0 radical (unpaired) electrons. The average molecular weight is 149 g/mol. The topological polar surface area (TPSA) is 12.0 Å². The van der Waals surface area contributed by atoms with Gasteiger partial charge in [-0.25, -0.2) is 8.78 Å². The van der Waals surface area contributed by atoms with Gasteiger partial charge in [0.15, 0.2) is 0 Å². The van der Waals surface area contributed by atoms with E-state index in [9.17, 15) is 8.78 Å². The summed E-state index contributed by atoms with van der Waals surface area (Å²) in [6.07, 6.45) is 0.731. The number of rotatable bonds is 4. The third-order valence-corrected chi connectivity index (χ3v) is 1.96. The summed E-state index contributed by atoms with van der Waals surface area (Å²) in [6, 6.07) is -0.576. The summed E-state index contributed by atoms with van der Waals surface area (Å²) in [5.74, 6) is 0.575. The minimum Gasteiger partial charge on any atom is -0.312 e. The van der Waals surface area contributed by atoms with Crippen molar-refractivity contribution in [3.63, 3.8) is 0 Å². The van der Waals surface area contributed by atoms with E-state index >= 15 is 0 Å². The normalized spacial score (nSPS) is 21.6. The van der Waals surface area contributed by atoms with E-state index in [1.807, 2.05) is 0 Å². The molecule has 1 nitrogen and oxygen atoms in total. The van der Waals surface area contributed by atoms with Gasteiger partial charge in [0.25, 0.3) is 6.43 Å². The van der Waals surface area contributed by atoms with Crippen LogP contribution in [0.25, 0.3) is 0 Å². The van der Waals surface area contributed by atoms with Crippen molar-refractivity contribution in [1.82, 2.24) is 5.32 Å². The highest BCUT2D eigenvalue weighted by Crippen LogP contribution is 2.34. The summed E-state index contributed by atoms with van der Waals surface area (Å²) in [5.41, 5.74) is 0. The SMILES string of the molecule is CNC(CC1CC1)C(F)F. The minimum absolute atomic E-state index is 0.575. The molecule has 1 rings (SSSR count). The molecule has 0 amide bonds. The van der Waals surface area contributed by atoms with Crippen LogP contribution in [0.4, 0.5) is 8.78 Å². The number of alkyl halides is 2. The number of hydrogen-bond acceptors (Lipinski definition) is 1. The zero-order valence-electron chi connectivity index (χ0n) is 6.11. The fourth-order valence-corrected chi connectivity index (χ4v) is 1.06. The van der Waals surface area contributed by atoms with E-state index in [-0.39, 0.29) is 0 Å². The zero-order chi connectivity index (χ0) is 7.56. The Labute approximate surface area is 59.8 Å². The Morgan fingerprint density at radius 3 is 2.40 bits per heavy atom. The predicted molar refractivity (Wildman–Crippen MR) is 36.2 cm³/mol. The largest absolute Gasteiger partial charge is 0.312 e. The molecular weight excluding hydrogens is 136 g/mol. The number of nitrogens with one attached hydrogen (secondary N) is 1. The van der Waals surface area contributed by atoms with Crippen molar-refractivity contribution in [3.8, 4) is 0 Å². The molecule has 0 saturated heterocycles. The summed E-state index contributed by atoms with van der Waals surface area (Å²) in [4.78, 5) is 0. The molecule has 1 aliphatic carbocycles. The molecule has 1 fully saturated rings. The van der Waals surface area contributed by atoms with Crippen molar-refractivity contribution in [3.05, 3.63) is 0 Å². The molecule has 60 valence electrons. The van der Waals surface area contributed by atoms with E-state index < -0.39 is 12.5 Å². The van der Waals surface area contributed by atoms with Crippen LogP contribution in [0.5, 0.6) is 0 Å². The van der Waals surface area contributed by atoms with Gasteiger partial charge in [-0.1, -0.05) is 12.8 Å². The molecule has 1 saturated carbocycles. The molecule has 1 aliphatic rings. The van der Waals surface area contributed by atoms with Gasteiger partial charge in [-0.15, -0.1) is 0 Å². The minimum atomic E-state index is -2.20. The van der Waals surface area contributed by atoms with Crippen molar-refractivity contribution >= 4 is 0 Å². The van der Waals surface area contributed by atoms with Gasteiger partial charge in [0.2, 0.25) is 0 Å². The van der Waals surface area contributed by atoms with E-state index in [0.29, 0.717) is 12.3 Å². The third kappa shape index (κ3) is 2.21. The van der Waals surface area contributed by atoms with Crippen molar-refractivity contribution < 1.29 is 8.78 Å². The molecule has 0 bridgehead atoms. The first-order chi connectivity index (χ1) is 4.74. The lowest BCUT2D eigenvalue weighted by Gasteiger charge is -2.13. The summed E-state index contributed by atoms with van der Waals surface area (Å²) in [6.45, 7) is 0.